The van der Waals surface area contributed by atoms with E-state index in [1.807, 2.05) is 0 Å². The fourth-order valence-corrected chi connectivity index (χ4v) is 3.80. The molecule has 0 saturated heterocycles. The highest BCUT2D eigenvalue weighted by Gasteiger charge is 2.44. The van der Waals surface area contributed by atoms with Gasteiger partial charge in [0.1, 0.15) is 0 Å². The number of para-hydroxylation sites is 1. The lowest BCUT2D eigenvalue weighted by Crippen LogP contribution is -2.48. The van der Waals surface area contributed by atoms with Crippen molar-refractivity contribution in [2.75, 3.05) is 25.4 Å². The van der Waals surface area contributed by atoms with Crippen LogP contribution in [0.2, 0.25) is 0 Å². The number of nitrogens with zero attached hydrogens (tertiary/aromatic N) is 1. The summed E-state index contributed by atoms with van der Waals surface area (Å²) >= 11 is 0. The second-order valence-electron chi connectivity index (χ2n) is 4.73. The minimum Gasteiger partial charge on any atom is -0.465 e. The number of amides is 1. The largest absolute Gasteiger partial charge is 0.465 e. The Balaban J connectivity index is 3.42. The molecule has 23 heavy (non-hydrogen) atoms. The van der Waals surface area contributed by atoms with Crippen molar-refractivity contribution in [2.45, 2.75) is 30.9 Å². The number of esters is 1. The summed E-state index contributed by atoms with van der Waals surface area (Å²) in [7, 11) is -4.31. The van der Waals surface area contributed by atoms with Crippen molar-refractivity contribution in [2.24, 2.45) is 0 Å². The van der Waals surface area contributed by atoms with Gasteiger partial charge in [0.25, 0.3) is 5.91 Å². The summed E-state index contributed by atoms with van der Waals surface area (Å²) in [4.78, 5) is 25.7. The van der Waals surface area contributed by atoms with Gasteiger partial charge in [-0.15, -0.1) is 0 Å². The molecule has 2 N–H and O–H groups in total. The van der Waals surface area contributed by atoms with E-state index in [9.17, 15) is 18.0 Å². The van der Waals surface area contributed by atoms with Crippen LogP contribution in [0, 0.1) is 0 Å². The summed E-state index contributed by atoms with van der Waals surface area (Å²) in [5.41, 5.74) is 5.68. The van der Waals surface area contributed by atoms with Crippen LogP contribution >= 0.6 is 0 Å². The van der Waals surface area contributed by atoms with E-state index in [-0.39, 0.29) is 30.3 Å². The van der Waals surface area contributed by atoms with E-state index in [0.717, 1.165) is 0 Å². The molecule has 1 aromatic rings. The molecular weight excluding hydrogens is 320 g/mol. The number of hydrogen-bond donors (Lipinski definition) is 1. The van der Waals surface area contributed by atoms with E-state index in [2.05, 4.69) is 0 Å². The van der Waals surface area contributed by atoms with Crippen LogP contribution in [0.4, 0.5) is 5.69 Å². The molecule has 0 aliphatic heterocycles. The topological polar surface area (TPSA) is 107 Å². The van der Waals surface area contributed by atoms with E-state index in [1.165, 1.54) is 23.1 Å². The molecule has 0 heterocycles. The first-order valence-electron chi connectivity index (χ1n) is 7.34. The fraction of sp³-hybridized carbons (Fsp3) is 0.467. The van der Waals surface area contributed by atoms with Crippen LogP contribution in [-0.2, 0) is 24.2 Å². The molecule has 1 unspecified atom stereocenters. The number of anilines is 1. The summed E-state index contributed by atoms with van der Waals surface area (Å²) in [6.07, 6.45) is 0. The summed E-state index contributed by atoms with van der Waals surface area (Å²) < 4.78 is 30.4. The van der Waals surface area contributed by atoms with E-state index >= 15 is 0 Å². The normalized spacial score (nSPS) is 12.5. The molecule has 1 amide bonds. The quantitative estimate of drug-likeness (QED) is 0.447. The highest BCUT2D eigenvalue weighted by molar-refractivity contribution is 7.93. The molecule has 1 aromatic carbocycles. The van der Waals surface area contributed by atoms with Crippen LogP contribution in [0.5, 0.6) is 0 Å². The minimum atomic E-state index is -4.31. The van der Waals surface area contributed by atoms with Crippen molar-refractivity contribution < 1.29 is 22.7 Å². The molecule has 0 saturated carbocycles. The standard InChI is InChI=1S/C15H22N2O5S/c1-4-17(5-2)14(18)13(15(19)22-6-3)23(20,21)12-10-8-7-9-11(12)16/h7-10,13H,4-6,16H2,1-3H3. The van der Waals surface area contributed by atoms with Gasteiger partial charge in [0, 0.05) is 13.1 Å². The van der Waals surface area contributed by atoms with Crippen LogP contribution < -0.4 is 5.73 Å². The molecule has 0 fully saturated rings. The van der Waals surface area contributed by atoms with Gasteiger partial charge < -0.3 is 15.4 Å². The molecule has 0 bridgehead atoms. The average molecular weight is 342 g/mol. The van der Waals surface area contributed by atoms with Gasteiger partial charge in [-0.2, -0.15) is 0 Å². The Labute approximate surface area is 136 Å². The Morgan fingerprint density at radius 3 is 2.22 bits per heavy atom. The van der Waals surface area contributed by atoms with Crippen molar-refractivity contribution in [1.29, 1.82) is 0 Å². The van der Waals surface area contributed by atoms with Gasteiger partial charge in [0.15, 0.2) is 0 Å². The maximum absolute atomic E-state index is 12.8. The molecule has 0 aliphatic rings. The first-order valence-corrected chi connectivity index (χ1v) is 8.89. The Morgan fingerprint density at radius 2 is 1.74 bits per heavy atom. The van der Waals surface area contributed by atoms with Crippen molar-refractivity contribution >= 4 is 27.4 Å². The number of rotatable bonds is 7. The van der Waals surface area contributed by atoms with Crippen LogP contribution in [0.15, 0.2) is 29.2 Å². The molecule has 0 aromatic heterocycles. The average Bonchev–Trinajstić information content (AvgIpc) is 2.48. The van der Waals surface area contributed by atoms with Gasteiger partial charge in [0.05, 0.1) is 17.2 Å². The Morgan fingerprint density at radius 1 is 1.17 bits per heavy atom. The number of sulfone groups is 1. The van der Waals surface area contributed by atoms with Crippen molar-refractivity contribution in [3.05, 3.63) is 24.3 Å². The Hall–Kier alpha value is -2.09. The first kappa shape index (κ1) is 19.0. The summed E-state index contributed by atoms with van der Waals surface area (Å²) in [5, 5.41) is -1.95. The zero-order chi connectivity index (χ0) is 17.6. The fourth-order valence-electron chi connectivity index (χ4n) is 2.15. The van der Waals surface area contributed by atoms with Crippen molar-refractivity contribution in [1.82, 2.24) is 4.90 Å². The molecule has 0 radical (unpaired) electrons. The zero-order valence-corrected chi connectivity index (χ0v) is 14.3. The summed E-state index contributed by atoms with van der Waals surface area (Å²) in [6.45, 7) is 5.48. The van der Waals surface area contributed by atoms with Gasteiger partial charge in [-0.1, -0.05) is 12.1 Å². The second-order valence-corrected chi connectivity index (χ2v) is 6.73. The maximum atomic E-state index is 12.8. The number of ether oxygens (including phenoxy) is 1. The SMILES string of the molecule is CCOC(=O)C(C(=O)N(CC)CC)S(=O)(=O)c1ccccc1N. The van der Waals surface area contributed by atoms with Gasteiger partial charge in [0.2, 0.25) is 15.1 Å². The lowest BCUT2D eigenvalue weighted by Gasteiger charge is -2.24. The highest BCUT2D eigenvalue weighted by atomic mass is 32.2. The third-order valence-corrected chi connectivity index (χ3v) is 5.34. The predicted molar refractivity (Wildman–Crippen MR) is 86.4 cm³/mol. The maximum Gasteiger partial charge on any atom is 0.334 e. The third kappa shape index (κ3) is 4.01. The van der Waals surface area contributed by atoms with E-state index in [4.69, 9.17) is 10.5 Å². The van der Waals surface area contributed by atoms with Gasteiger partial charge in [-0.05, 0) is 32.9 Å². The van der Waals surface area contributed by atoms with Crippen molar-refractivity contribution in [3.8, 4) is 0 Å². The van der Waals surface area contributed by atoms with E-state index in [1.54, 1.807) is 26.8 Å². The lowest BCUT2D eigenvalue weighted by atomic mass is 10.3. The number of nitrogen functional groups attached to an aromatic ring is 1. The van der Waals surface area contributed by atoms with Crippen LogP contribution in [0.25, 0.3) is 0 Å². The molecule has 1 rings (SSSR count). The van der Waals surface area contributed by atoms with Crippen LogP contribution in [0.3, 0.4) is 0 Å². The monoisotopic (exact) mass is 342 g/mol. The summed E-state index contributed by atoms with van der Waals surface area (Å²) in [5.74, 6) is -1.90. The van der Waals surface area contributed by atoms with Gasteiger partial charge in [-0.3, -0.25) is 9.59 Å². The minimum absolute atomic E-state index is 0.0193. The number of hydrogen-bond acceptors (Lipinski definition) is 6. The predicted octanol–water partition coefficient (Wildman–Crippen LogP) is 0.843. The zero-order valence-electron chi connectivity index (χ0n) is 13.5. The van der Waals surface area contributed by atoms with Crippen LogP contribution in [-0.4, -0.2) is 50.1 Å². The number of benzene rings is 1. The van der Waals surface area contributed by atoms with E-state index in [0.29, 0.717) is 0 Å². The molecule has 0 spiro atoms. The second kappa shape index (κ2) is 7.96. The van der Waals surface area contributed by atoms with Crippen molar-refractivity contribution in [3.63, 3.8) is 0 Å². The first-order chi connectivity index (χ1) is 10.8. The van der Waals surface area contributed by atoms with Gasteiger partial charge >= 0.3 is 5.97 Å². The third-order valence-electron chi connectivity index (χ3n) is 3.34. The molecule has 7 nitrogen and oxygen atoms in total. The summed E-state index contributed by atoms with van der Waals surface area (Å²) in [6, 6.07) is 5.72. The van der Waals surface area contributed by atoms with E-state index < -0.39 is 27.0 Å². The number of nitrogens with two attached hydrogens (primary N) is 1. The molecule has 128 valence electrons. The lowest BCUT2D eigenvalue weighted by molar-refractivity contribution is -0.147. The molecule has 0 aliphatic carbocycles. The highest BCUT2D eigenvalue weighted by Crippen LogP contribution is 2.24. The smallest absolute Gasteiger partial charge is 0.334 e. The Bertz CT molecular complexity index is 668. The molecule has 1 atom stereocenters. The van der Waals surface area contributed by atoms with Crippen LogP contribution in [0.1, 0.15) is 20.8 Å². The molecular formula is C15H22N2O5S. The Kier molecular flexibility index (Phi) is 6.56. The molecule has 8 heteroatoms. The van der Waals surface area contributed by atoms with Gasteiger partial charge in [-0.25, -0.2) is 8.42 Å². The number of carbonyl (C=O) groups excluding carboxylic acids is 2. The number of carbonyl (C=O) groups is 2.